The molecule has 0 aliphatic heterocycles. The molecule has 28 heavy (non-hydrogen) atoms. The van der Waals surface area contributed by atoms with Crippen molar-refractivity contribution in [2.24, 2.45) is 0 Å². The number of benzene rings is 3. The average molecular weight is 391 g/mol. The van der Waals surface area contributed by atoms with Crippen LogP contribution in [0.1, 0.15) is 5.56 Å². The number of carboxylic acid groups (broad SMARTS) is 1. The summed E-state index contributed by atoms with van der Waals surface area (Å²) in [5.74, 6) is -1.59. The van der Waals surface area contributed by atoms with Gasteiger partial charge in [0.05, 0.1) is 11.2 Å². The van der Waals surface area contributed by atoms with Crippen molar-refractivity contribution in [3.8, 4) is 22.4 Å². The maximum atomic E-state index is 13.4. The highest BCUT2D eigenvalue weighted by atomic mass is 35.5. The summed E-state index contributed by atoms with van der Waals surface area (Å²) in [5, 5.41) is 12.8. The molecule has 3 nitrogen and oxygen atoms in total. The van der Waals surface area contributed by atoms with E-state index < -0.39 is 5.97 Å². The van der Waals surface area contributed by atoms with Crippen molar-refractivity contribution in [2.45, 2.75) is 6.42 Å². The molecule has 0 N–H and O–H groups in total. The molecular weight excluding hydrogens is 377 g/mol. The van der Waals surface area contributed by atoms with Gasteiger partial charge in [0.1, 0.15) is 5.82 Å². The lowest BCUT2D eigenvalue weighted by Gasteiger charge is -2.18. The number of hydrogen-bond acceptors (Lipinski definition) is 3. The first kappa shape index (κ1) is 18.1. The minimum atomic E-state index is -1.22. The Morgan fingerprint density at radius 2 is 1.68 bits per heavy atom. The normalized spacial score (nSPS) is 10.9. The molecule has 0 saturated heterocycles. The number of nitrogens with zero attached hydrogens (tertiary/aromatic N) is 1. The van der Waals surface area contributed by atoms with E-state index in [2.05, 4.69) is 4.98 Å². The van der Waals surface area contributed by atoms with Crippen LogP contribution >= 0.6 is 11.6 Å². The van der Waals surface area contributed by atoms with Crippen LogP contribution in [0.15, 0.2) is 72.8 Å². The summed E-state index contributed by atoms with van der Waals surface area (Å²) < 4.78 is 13.4. The molecule has 0 aliphatic rings. The van der Waals surface area contributed by atoms with E-state index in [1.54, 1.807) is 30.3 Å². The molecule has 0 fully saturated rings. The summed E-state index contributed by atoms with van der Waals surface area (Å²) in [6, 6.07) is 20.6. The molecule has 1 aromatic heterocycles. The van der Waals surface area contributed by atoms with E-state index >= 15 is 0 Å². The van der Waals surface area contributed by atoms with Crippen LogP contribution in [-0.2, 0) is 11.2 Å². The predicted molar refractivity (Wildman–Crippen MR) is 106 cm³/mol. The summed E-state index contributed by atoms with van der Waals surface area (Å²) >= 11 is 6.21. The Hall–Kier alpha value is -3.24. The standard InChI is InChI=1S/C23H15ClFNO2/c24-16-8-11-20-18(12-16)22(14-4-2-1-3-5-14)19(13-21(27)28)23(26-20)15-6-9-17(25)10-7-15/h1-12H,13H2,(H,27,28)/p-1. The monoisotopic (exact) mass is 390 g/mol. The Labute approximate surface area is 166 Å². The Kier molecular flexibility index (Phi) is 4.80. The number of aliphatic carboxylic acids is 1. The number of carbonyl (C=O) groups excluding carboxylic acids is 1. The molecule has 1 heterocycles. The van der Waals surface area contributed by atoms with Crippen LogP contribution in [0.2, 0.25) is 5.02 Å². The van der Waals surface area contributed by atoms with E-state index in [4.69, 9.17) is 11.6 Å². The van der Waals surface area contributed by atoms with Crippen molar-refractivity contribution in [3.05, 3.63) is 89.2 Å². The van der Waals surface area contributed by atoms with Gasteiger partial charge >= 0.3 is 0 Å². The fourth-order valence-corrected chi connectivity index (χ4v) is 3.54. The van der Waals surface area contributed by atoms with Gasteiger partial charge in [0.2, 0.25) is 0 Å². The van der Waals surface area contributed by atoms with Crippen LogP contribution < -0.4 is 5.11 Å². The van der Waals surface area contributed by atoms with Gasteiger partial charge in [-0.25, -0.2) is 9.37 Å². The zero-order chi connectivity index (χ0) is 19.7. The number of rotatable bonds is 4. The van der Waals surface area contributed by atoms with Crippen LogP contribution in [0.3, 0.4) is 0 Å². The number of carboxylic acids is 1. The lowest BCUT2D eigenvalue weighted by atomic mass is 9.90. The summed E-state index contributed by atoms with van der Waals surface area (Å²) in [7, 11) is 0. The Bertz CT molecular complexity index is 1170. The molecule has 0 amide bonds. The molecule has 5 heteroatoms. The highest BCUT2D eigenvalue weighted by Crippen LogP contribution is 2.38. The van der Waals surface area contributed by atoms with Gasteiger partial charge in [0.25, 0.3) is 0 Å². The lowest BCUT2D eigenvalue weighted by Crippen LogP contribution is -2.25. The van der Waals surface area contributed by atoms with Crippen molar-refractivity contribution in [1.29, 1.82) is 0 Å². The Morgan fingerprint density at radius 1 is 0.964 bits per heavy atom. The smallest absolute Gasteiger partial charge is 0.123 e. The minimum Gasteiger partial charge on any atom is -0.550 e. The first-order valence-corrected chi connectivity index (χ1v) is 9.04. The molecule has 0 radical (unpaired) electrons. The van der Waals surface area contributed by atoms with Gasteiger partial charge in [0, 0.05) is 28.4 Å². The highest BCUT2D eigenvalue weighted by Gasteiger charge is 2.18. The fraction of sp³-hybridized carbons (Fsp3) is 0.0435. The highest BCUT2D eigenvalue weighted by molar-refractivity contribution is 6.31. The summed E-state index contributed by atoms with van der Waals surface area (Å²) in [5.41, 5.74) is 3.87. The largest absolute Gasteiger partial charge is 0.550 e. The van der Waals surface area contributed by atoms with E-state index in [1.807, 2.05) is 30.3 Å². The van der Waals surface area contributed by atoms with Gasteiger partial charge in [0.15, 0.2) is 0 Å². The van der Waals surface area contributed by atoms with Crippen molar-refractivity contribution in [2.75, 3.05) is 0 Å². The molecule has 4 aromatic rings. The third-order valence-electron chi connectivity index (χ3n) is 4.55. The zero-order valence-corrected chi connectivity index (χ0v) is 15.4. The number of pyridine rings is 1. The Morgan fingerprint density at radius 3 is 2.36 bits per heavy atom. The number of halogens is 2. The summed E-state index contributed by atoms with van der Waals surface area (Å²) in [6.07, 6.45) is -0.327. The van der Waals surface area contributed by atoms with Gasteiger partial charge in [-0.2, -0.15) is 0 Å². The molecule has 0 unspecified atom stereocenters. The lowest BCUT2D eigenvalue weighted by molar-refractivity contribution is -0.304. The van der Waals surface area contributed by atoms with Gasteiger partial charge in [-0.1, -0.05) is 41.9 Å². The van der Waals surface area contributed by atoms with Gasteiger partial charge in [-0.15, -0.1) is 0 Å². The number of hydrogen-bond donors (Lipinski definition) is 0. The van der Waals surface area contributed by atoms with E-state index in [9.17, 15) is 14.3 Å². The van der Waals surface area contributed by atoms with E-state index in [1.165, 1.54) is 12.1 Å². The zero-order valence-electron chi connectivity index (χ0n) is 14.7. The van der Waals surface area contributed by atoms with Gasteiger partial charge in [-0.3, -0.25) is 0 Å². The van der Waals surface area contributed by atoms with E-state index in [0.29, 0.717) is 27.4 Å². The summed E-state index contributed by atoms with van der Waals surface area (Å²) in [4.78, 5) is 16.3. The molecule has 0 atom stereocenters. The van der Waals surface area contributed by atoms with Crippen molar-refractivity contribution >= 4 is 28.5 Å². The quantitative estimate of drug-likeness (QED) is 0.509. The number of carbonyl (C=O) groups is 1. The first-order chi connectivity index (χ1) is 13.5. The number of aromatic nitrogens is 1. The second-order valence-corrected chi connectivity index (χ2v) is 6.83. The molecule has 4 rings (SSSR count). The fourth-order valence-electron chi connectivity index (χ4n) is 3.37. The van der Waals surface area contributed by atoms with Gasteiger partial charge < -0.3 is 9.90 Å². The second-order valence-electron chi connectivity index (χ2n) is 6.40. The topological polar surface area (TPSA) is 53.0 Å². The molecule has 0 saturated carbocycles. The Balaban J connectivity index is 2.13. The number of fused-ring (bicyclic) bond motifs is 1. The third-order valence-corrected chi connectivity index (χ3v) is 4.78. The first-order valence-electron chi connectivity index (χ1n) is 8.66. The van der Waals surface area contributed by atoms with Crippen LogP contribution in [0.4, 0.5) is 4.39 Å². The molecule has 3 aromatic carbocycles. The third kappa shape index (κ3) is 3.47. The van der Waals surface area contributed by atoms with Crippen LogP contribution in [-0.4, -0.2) is 11.0 Å². The SMILES string of the molecule is O=C([O-])Cc1c(-c2ccc(F)cc2)nc2ccc(Cl)cc2c1-c1ccccc1. The molecule has 0 spiro atoms. The average Bonchev–Trinajstić information content (AvgIpc) is 2.68. The van der Waals surface area contributed by atoms with Gasteiger partial charge in [-0.05, 0) is 59.2 Å². The maximum absolute atomic E-state index is 13.4. The van der Waals surface area contributed by atoms with E-state index in [0.717, 1.165) is 16.5 Å². The van der Waals surface area contributed by atoms with Crippen molar-refractivity contribution in [3.63, 3.8) is 0 Å². The molecule has 0 aliphatic carbocycles. The second kappa shape index (κ2) is 7.41. The van der Waals surface area contributed by atoms with Crippen LogP contribution in [0.5, 0.6) is 0 Å². The summed E-state index contributed by atoms with van der Waals surface area (Å²) in [6.45, 7) is 0. The van der Waals surface area contributed by atoms with Crippen molar-refractivity contribution in [1.82, 2.24) is 4.98 Å². The molecule has 138 valence electrons. The molecule has 0 bridgehead atoms. The van der Waals surface area contributed by atoms with Crippen LogP contribution in [0.25, 0.3) is 33.3 Å². The van der Waals surface area contributed by atoms with Crippen molar-refractivity contribution < 1.29 is 14.3 Å². The molecular formula is C23H14ClFNO2-. The van der Waals surface area contributed by atoms with Crippen LogP contribution in [0, 0.1) is 5.82 Å². The predicted octanol–water partition coefficient (Wildman–Crippen LogP) is 4.65. The minimum absolute atomic E-state index is 0.327. The maximum Gasteiger partial charge on any atom is 0.123 e. The van der Waals surface area contributed by atoms with E-state index in [-0.39, 0.29) is 12.2 Å².